The fraction of sp³-hybridized carbons (Fsp3) is 0.150. The molecule has 0 saturated heterocycles. The van der Waals surface area contributed by atoms with Gasteiger partial charge in [-0.1, -0.05) is 36.0 Å². The molecule has 0 aliphatic carbocycles. The van der Waals surface area contributed by atoms with E-state index < -0.39 is 0 Å². The van der Waals surface area contributed by atoms with Gasteiger partial charge in [0.2, 0.25) is 5.16 Å². The monoisotopic (exact) mass is 403 g/mol. The minimum absolute atomic E-state index is 0.0907. The molecule has 0 unspecified atom stereocenters. The van der Waals surface area contributed by atoms with E-state index in [9.17, 15) is 10.4 Å². The summed E-state index contributed by atoms with van der Waals surface area (Å²) >= 11 is 1.24. The number of nitriles is 1. The molecule has 0 saturated carbocycles. The van der Waals surface area contributed by atoms with Gasteiger partial charge in [-0.05, 0) is 53.6 Å². The van der Waals surface area contributed by atoms with Gasteiger partial charge in [-0.2, -0.15) is 9.94 Å². The summed E-state index contributed by atoms with van der Waals surface area (Å²) in [4.78, 5) is 7.45. The van der Waals surface area contributed by atoms with Gasteiger partial charge in [0.25, 0.3) is 0 Å². The number of tetrazole rings is 1. The van der Waals surface area contributed by atoms with Gasteiger partial charge in [-0.15, -0.1) is 5.10 Å². The molecule has 2 N–H and O–H groups in total. The molecule has 0 amide bonds. The molecule has 0 aliphatic heterocycles. The molecule has 0 atom stereocenters. The minimum Gasteiger partial charge on any atom is -0.510 e. The van der Waals surface area contributed by atoms with Crippen LogP contribution in [0.1, 0.15) is 17.0 Å². The molecule has 0 spiro atoms. The number of aliphatic hydroxyl groups excluding tert-OH is 1. The summed E-state index contributed by atoms with van der Waals surface area (Å²) in [6, 6.07) is 15.5. The van der Waals surface area contributed by atoms with Crippen LogP contribution in [0.4, 0.5) is 0 Å². The number of aliphatic hydroxyl groups is 1. The van der Waals surface area contributed by atoms with Crippen molar-refractivity contribution in [3.05, 3.63) is 65.2 Å². The molecule has 8 nitrogen and oxygen atoms in total. The summed E-state index contributed by atoms with van der Waals surface area (Å²) in [5.74, 6) is 0.374. The summed E-state index contributed by atoms with van der Waals surface area (Å²) < 4.78 is 1.63. The Bertz CT molecular complexity index is 1230. The molecule has 0 aliphatic rings. The van der Waals surface area contributed by atoms with Gasteiger partial charge in [0, 0.05) is 0 Å². The average molecular weight is 403 g/mol. The molecule has 2 aromatic heterocycles. The predicted molar refractivity (Wildman–Crippen MR) is 111 cm³/mol. The topological polar surface area (TPSA) is 116 Å². The molecule has 0 bridgehead atoms. The van der Waals surface area contributed by atoms with Crippen molar-refractivity contribution >= 4 is 28.4 Å². The fourth-order valence-corrected chi connectivity index (χ4v) is 3.66. The number of thioether (sulfide) groups is 1. The number of aromatic amines is 1. The smallest absolute Gasteiger partial charge is 0.214 e. The van der Waals surface area contributed by atoms with Crippen LogP contribution in [0.5, 0.6) is 0 Å². The number of benzene rings is 2. The zero-order valence-electron chi connectivity index (χ0n) is 15.8. The van der Waals surface area contributed by atoms with Crippen LogP contribution in [-0.4, -0.2) is 41.0 Å². The first-order valence-corrected chi connectivity index (χ1v) is 9.81. The summed E-state index contributed by atoms with van der Waals surface area (Å²) in [5, 5.41) is 32.5. The number of imidazole rings is 1. The Hall–Kier alpha value is -3.64. The Balaban J connectivity index is 1.61. The van der Waals surface area contributed by atoms with Crippen molar-refractivity contribution in [2.45, 2.75) is 19.0 Å². The maximum absolute atomic E-state index is 10.5. The molecule has 4 aromatic rings. The number of fused-ring (bicyclic) bond motifs is 1. The lowest BCUT2D eigenvalue weighted by molar-refractivity contribution is 0.420. The zero-order chi connectivity index (χ0) is 20.4. The molecule has 0 radical (unpaired) electrons. The SMILES string of the molecule is Cc1ccc(C)c(-n2nnnc2SC/C(O)=C(\C#N)c2nc3ccccc3[nH]2)c1. The van der Waals surface area contributed by atoms with E-state index in [0.29, 0.717) is 11.0 Å². The van der Waals surface area contributed by atoms with Gasteiger partial charge in [0.15, 0.2) is 5.82 Å². The normalized spacial score (nSPS) is 12.0. The molecular formula is C20H17N7OS. The van der Waals surface area contributed by atoms with E-state index in [2.05, 4.69) is 25.5 Å². The quantitative estimate of drug-likeness (QED) is 0.296. The summed E-state index contributed by atoms with van der Waals surface area (Å²) in [6.07, 6.45) is 0. The maximum atomic E-state index is 10.5. The van der Waals surface area contributed by atoms with Crippen LogP contribution in [0.3, 0.4) is 0 Å². The standard InChI is InChI=1S/C20H17N7OS/c1-12-7-8-13(2)17(9-12)27-20(24-25-26-27)29-11-18(28)14(10-21)19-22-15-5-3-4-6-16(15)23-19/h3-9,28H,11H2,1-2H3,(H,22,23)/b18-14-. The molecule has 0 fully saturated rings. The van der Waals surface area contributed by atoms with E-state index in [1.165, 1.54) is 11.8 Å². The highest BCUT2D eigenvalue weighted by molar-refractivity contribution is 7.99. The Labute approximate surface area is 170 Å². The minimum atomic E-state index is -0.0907. The highest BCUT2D eigenvalue weighted by Crippen LogP contribution is 2.25. The van der Waals surface area contributed by atoms with Crippen LogP contribution >= 0.6 is 11.8 Å². The number of aromatic nitrogens is 6. The third-order valence-electron chi connectivity index (χ3n) is 4.40. The Kier molecular flexibility index (Phi) is 5.01. The van der Waals surface area contributed by atoms with E-state index in [4.69, 9.17) is 0 Å². The molecule has 29 heavy (non-hydrogen) atoms. The number of allylic oxidation sites excluding steroid dienone is 1. The number of hydrogen-bond donors (Lipinski definition) is 2. The lowest BCUT2D eigenvalue weighted by Crippen LogP contribution is -2.03. The second-order valence-corrected chi connectivity index (χ2v) is 7.43. The lowest BCUT2D eigenvalue weighted by Gasteiger charge is -2.08. The Morgan fingerprint density at radius 3 is 2.86 bits per heavy atom. The highest BCUT2D eigenvalue weighted by Gasteiger charge is 2.16. The van der Waals surface area contributed by atoms with Crippen LogP contribution in [0.15, 0.2) is 53.4 Å². The van der Waals surface area contributed by atoms with Crippen molar-refractivity contribution in [3.8, 4) is 11.8 Å². The van der Waals surface area contributed by atoms with Crippen molar-refractivity contribution in [3.63, 3.8) is 0 Å². The largest absolute Gasteiger partial charge is 0.510 e. The molecule has 144 valence electrons. The Morgan fingerprint density at radius 1 is 1.24 bits per heavy atom. The Morgan fingerprint density at radius 2 is 2.07 bits per heavy atom. The van der Waals surface area contributed by atoms with E-state index in [1.54, 1.807) is 4.68 Å². The third kappa shape index (κ3) is 3.70. The van der Waals surface area contributed by atoms with E-state index in [1.807, 2.05) is 62.4 Å². The number of hydrogen-bond acceptors (Lipinski definition) is 7. The van der Waals surface area contributed by atoms with Crippen LogP contribution in [-0.2, 0) is 0 Å². The van der Waals surface area contributed by atoms with E-state index >= 15 is 0 Å². The molecule has 2 heterocycles. The van der Waals surface area contributed by atoms with E-state index in [-0.39, 0.29) is 17.1 Å². The number of nitrogens with zero attached hydrogens (tertiary/aromatic N) is 6. The maximum Gasteiger partial charge on any atom is 0.214 e. The van der Waals surface area contributed by atoms with Crippen LogP contribution in [0, 0.1) is 25.2 Å². The van der Waals surface area contributed by atoms with Crippen molar-refractivity contribution in [2.75, 3.05) is 5.75 Å². The highest BCUT2D eigenvalue weighted by atomic mass is 32.2. The first-order chi connectivity index (χ1) is 14.1. The zero-order valence-corrected chi connectivity index (χ0v) is 16.6. The average Bonchev–Trinajstić information content (AvgIpc) is 3.35. The van der Waals surface area contributed by atoms with Gasteiger partial charge in [0.05, 0.1) is 22.5 Å². The van der Waals surface area contributed by atoms with Gasteiger partial charge in [0.1, 0.15) is 17.4 Å². The fourth-order valence-electron chi connectivity index (χ4n) is 2.90. The first-order valence-electron chi connectivity index (χ1n) is 8.83. The van der Waals surface area contributed by atoms with E-state index in [0.717, 1.165) is 27.8 Å². The number of aryl methyl sites for hydroxylation is 2. The molecular weight excluding hydrogens is 386 g/mol. The van der Waals surface area contributed by atoms with Gasteiger partial charge in [-0.3, -0.25) is 0 Å². The lowest BCUT2D eigenvalue weighted by atomic mass is 10.1. The summed E-state index contributed by atoms with van der Waals surface area (Å²) in [7, 11) is 0. The predicted octanol–water partition coefficient (Wildman–Crippen LogP) is 3.74. The van der Waals surface area contributed by atoms with Crippen molar-refractivity contribution in [1.29, 1.82) is 5.26 Å². The van der Waals surface area contributed by atoms with Gasteiger partial charge >= 0.3 is 0 Å². The van der Waals surface area contributed by atoms with Crippen LogP contribution in [0.25, 0.3) is 22.3 Å². The van der Waals surface area contributed by atoms with Gasteiger partial charge < -0.3 is 10.1 Å². The van der Waals surface area contributed by atoms with Crippen molar-refractivity contribution in [1.82, 2.24) is 30.2 Å². The second kappa shape index (κ2) is 7.77. The second-order valence-electron chi connectivity index (χ2n) is 6.49. The van der Waals surface area contributed by atoms with Crippen molar-refractivity contribution in [2.24, 2.45) is 0 Å². The first kappa shape index (κ1) is 18.7. The van der Waals surface area contributed by atoms with Crippen LogP contribution < -0.4 is 0 Å². The van der Waals surface area contributed by atoms with Crippen molar-refractivity contribution < 1.29 is 5.11 Å². The number of nitrogens with one attached hydrogen (secondary N) is 1. The molecule has 9 heteroatoms. The summed E-state index contributed by atoms with van der Waals surface area (Å²) in [5.41, 5.74) is 4.63. The van der Waals surface area contributed by atoms with Crippen LogP contribution in [0.2, 0.25) is 0 Å². The van der Waals surface area contributed by atoms with Gasteiger partial charge in [-0.25, -0.2) is 4.98 Å². The number of H-pyrrole nitrogens is 1. The molecule has 4 rings (SSSR count). The third-order valence-corrected chi connectivity index (χ3v) is 5.33. The number of rotatable bonds is 5. The summed E-state index contributed by atoms with van der Waals surface area (Å²) in [6.45, 7) is 3.98. The molecule has 2 aromatic carbocycles. The number of para-hydroxylation sites is 2.